The molecule has 2 aliphatic rings. The molecule has 9 nitrogen and oxygen atoms in total. The van der Waals surface area contributed by atoms with E-state index in [-0.39, 0.29) is 19.0 Å². The van der Waals surface area contributed by atoms with Crippen LogP contribution in [-0.4, -0.2) is 62.3 Å². The third-order valence-corrected chi connectivity index (χ3v) is 7.63. The number of nitrogens with zero attached hydrogens (tertiary/aromatic N) is 2. The highest BCUT2D eigenvalue weighted by Gasteiger charge is 2.47. The second kappa shape index (κ2) is 12.1. The van der Waals surface area contributed by atoms with Gasteiger partial charge in [-0.2, -0.15) is 0 Å². The molecule has 1 unspecified atom stereocenters. The van der Waals surface area contributed by atoms with Crippen LogP contribution in [-0.2, 0) is 32.7 Å². The first kappa shape index (κ1) is 25.8. The van der Waals surface area contributed by atoms with E-state index in [0.717, 1.165) is 30.9 Å². The largest absolute Gasteiger partial charge is 0.494 e. The molecule has 0 radical (unpaired) electrons. The summed E-state index contributed by atoms with van der Waals surface area (Å²) < 4.78 is 38.0. The Kier molecular flexibility index (Phi) is 8.71. The Morgan fingerprint density at radius 1 is 1.06 bits per heavy atom. The molecule has 2 aliphatic heterocycles. The number of aliphatic imine (C=N–C) groups is 1. The Bertz CT molecular complexity index is 1190. The van der Waals surface area contributed by atoms with Crippen LogP contribution in [0, 0.1) is 5.41 Å². The number of nitrogens with one attached hydrogen (secondary N) is 2. The molecule has 0 saturated carbocycles. The Balaban J connectivity index is 1.24. The maximum Gasteiger partial charge on any atom is 0.333 e. The van der Waals surface area contributed by atoms with Crippen molar-refractivity contribution in [2.75, 3.05) is 26.2 Å². The quantitative estimate of drug-likeness (QED) is 0.373. The van der Waals surface area contributed by atoms with Crippen LogP contribution >= 0.6 is 0 Å². The zero-order valence-corrected chi connectivity index (χ0v) is 21.0. The molecule has 0 spiro atoms. The number of likely N-dealkylation sites (tertiary alicyclic amines) is 1. The van der Waals surface area contributed by atoms with Crippen molar-refractivity contribution in [1.29, 1.82) is 5.41 Å². The van der Waals surface area contributed by atoms with Crippen molar-refractivity contribution in [3.05, 3.63) is 65.7 Å². The predicted molar refractivity (Wildman–Crippen MR) is 138 cm³/mol. The maximum atomic E-state index is 12.4. The van der Waals surface area contributed by atoms with E-state index in [9.17, 15) is 13.2 Å². The minimum absolute atomic E-state index is 0.0674. The normalized spacial score (nSPS) is 20.7. The van der Waals surface area contributed by atoms with E-state index in [2.05, 4.69) is 20.7 Å². The summed E-state index contributed by atoms with van der Waals surface area (Å²) in [6.07, 6.45) is 4.34. The first-order chi connectivity index (χ1) is 17.4. The Morgan fingerprint density at radius 2 is 1.81 bits per heavy atom. The topological polar surface area (TPSA) is 121 Å². The molecular weight excluding hydrogens is 480 g/mol. The lowest BCUT2D eigenvalue weighted by Gasteiger charge is -2.26. The van der Waals surface area contributed by atoms with Gasteiger partial charge in [-0.1, -0.05) is 48.9 Å². The number of ether oxygens (including phenoxy) is 2. The molecule has 2 fully saturated rings. The molecule has 2 aromatic rings. The van der Waals surface area contributed by atoms with Crippen LogP contribution in [0.4, 0.5) is 0 Å². The fraction of sp³-hybridized carbons (Fsp3) is 0.423. The molecule has 1 atom stereocenters. The number of sulfonamides is 1. The number of benzene rings is 2. The number of carbonyl (C=O) groups excluding carboxylic acids is 1. The Hall–Kier alpha value is -3.24. The van der Waals surface area contributed by atoms with E-state index >= 15 is 0 Å². The molecule has 0 aromatic heterocycles. The van der Waals surface area contributed by atoms with Gasteiger partial charge in [-0.15, -0.1) is 0 Å². The van der Waals surface area contributed by atoms with Crippen molar-refractivity contribution < 1.29 is 22.7 Å². The fourth-order valence-corrected chi connectivity index (χ4v) is 5.55. The molecule has 2 N–H and O–H groups in total. The average molecular weight is 513 g/mol. The van der Waals surface area contributed by atoms with Gasteiger partial charge in [0.2, 0.25) is 5.25 Å². The zero-order valence-electron chi connectivity index (χ0n) is 20.2. The second-order valence-electron chi connectivity index (χ2n) is 8.95. The first-order valence-corrected chi connectivity index (χ1v) is 13.8. The lowest BCUT2D eigenvalue weighted by atomic mass is 10.1. The lowest BCUT2D eigenvalue weighted by molar-refractivity contribution is -0.143. The van der Waals surface area contributed by atoms with Gasteiger partial charge in [-0.3, -0.25) is 24.8 Å². The summed E-state index contributed by atoms with van der Waals surface area (Å²) in [4.78, 5) is 19.1. The Morgan fingerprint density at radius 3 is 2.58 bits per heavy atom. The monoisotopic (exact) mass is 512 g/mol. The predicted octanol–water partition coefficient (Wildman–Crippen LogP) is 2.90. The number of hydrogen-bond donors (Lipinski definition) is 2. The minimum Gasteiger partial charge on any atom is -0.494 e. The molecule has 0 amide bonds. The van der Waals surface area contributed by atoms with Gasteiger partial charge in [-0.05, 0) is 49.2 Å². The maximum absolute atomic E-state index is 12.4. The summed E-state index contributed by atoms with van der Waals surface area (Å²) in [5.41, 5.74) is 1.54. The summed E-state index contributed by atoms with van der Waals surface area (Å²) in [6.45, 7) is 3.77. The molecule has 192 valence electrons. The van der Waals surface area contributed by atoms with Gasteiger partial charge >= 0.3 is 5.97 Å². The van der Waals surface area contributed by atoms with Gasteiger partial charge in [0.05, 0.1) is 6.61 Å². The zero-order chi connectivity index (χ0) is 25.4. The molecule has 36 heavy (non-hydrogen) atoms. The van der Waals surface area contributed by atoms with Crippen LogP contribution in [0.5, 0.6) is 5.75 Å². The number of amidine groups is 1. The number of piperidine rings is 1. The van der Waals surface area contributed by atoms with E-state index in [1.54, 1.807) is 24.3 Å². The molecule has 10 heteroatoms. The fourth-order valence-electron chi connectivity index (χ4n) is 4.25. The highest BCUT2D eigenvalue weighted by atomic mass is 32.2. The molecule has 2 saturated heterocycles. The summed E-state index contributed by atoms with van der Waals surface area (Å²) >= 11 is 0. The van der Waals surface area contributed by atoms with E-state index < -0.39 is 27.0 Å². The van der Waals surface area contributed by atoms with Crippen LogP contribution in [0.1, 0.15) is 36.8 Å². The number of rotatable bonds is 10. The van der Waals surface area contributed by atoms with E-state index in [4.69, 9.17) is 14.9 Å². The lowest BCUT2D eigenvalue weighted by Crippen LogP contribution is -2.35. The Labute approximate surface area is 212 Å². The third-order valence-electron chi connectivity index (χ3n) is 6.10. The second-order valence-corrected chi connectivity index (χ2v) is 10.7. The van der Waals surface area contributed by atoms with Gasteiger partial charge in [0.15, 0.2) is 5.84 Å². The molecule has 0 bridgehead atoms. The van der Waals surface area contributed by atoms with Crippen LogP contribution in [0.25, 0.3) is 0 Å². The van der Waals surface area contributed by atoms with Crippen molar-refractivity contribution >= 4 is 27.5 Å². The highest BCUT2D eigenvalue weighted by Crippen LogP contribution is 2.18. The van der Waals surface area contributed by atoms with Crippen molar-refractivity contribution in [1.82, 2.24) is 9.62 Å². The molecular formula is C26H32N4O5S. The number of carbonyl (C=O) groups is 1. The summed E-state index contributed by atoms with van der Waals surface area (Å²) in [5, 5.41) is 6.44. The highest BCUT2D eigenvalue weighted by molar-refractivity contribution is 7.93. The summed E-state index contributed by atoms with van der Waals surface area (Å²) in [7, 11) is -4.11. The minimum atomic E-state index is -4.11. The summed E-state index contributed by atoms with van der Waals surface area (Å²) in [5.74, 6) is -0.331. The molecule has 4 rings (SSSR count). The van der Waals surface area contributed by atoms with E-state index in [1.807, 2.05) is 24.3 Å². The smallest absolute Gasteiger partial charge is 0.333 e. The van der Waals surface area contributed by atoms with E-state index in [0.29, 0.717) is 13.0 Å². The standard InChI is InChI=1S/C26H32N4O5S/c27-23-24(26(31)35-19-20-9-3-1-4-10-20)36(32,33)29-25(23)28-13-8-16-34-22-12-7-11-21(17-22)18-30-14-5-2-6-15-30/h1,3-4,7,9-12,17,24,27H,2,5-6,8,13-16,18-19H2,(H,28,29). The molecule has 2 aromatic carbocycles. The van der Waals surface area contributed by atoms with Gasteiger partial charge in [-0.25, -0.2) is 8.42 Å². The van der Waals surface area contributed by atoms with Gasteiger partial charge in [0, 0.05) is 19.5 Å². The number of esters is 1. The first-order valence-electron chi connectivity index (χ1n) is 12.2. The van der Waals surface area contributed by atoms with Gasteiger partial charge < -0.3 is 9.47 Å². The third kappa shape index (κ3) is 6.92. The molecule has 0 aliphatic carbocycles. The van der Waals surface area contributed by atoms with Crippen molar-refractivity contribution in [3.63, 3.8) is 0 Å². The SMILES string of the molecule is N=C1C(=NCCCOc2cccc(CN3CCCCC3)c2)NS(=O)(=O)C1C(=O)OCc1ccccc1. The van der Waals surface area contributed by atoms with Gasteiger partial charge in [0.1, 0.15) is 18.1 Å². The van der Waals surface area contributed by atoms with Crippen LogP contribution < -0.4 is 9.46 Å². The van der Waals surface area contributed by atoms with Crippen LogP contribution in [0.3, 0.4) is 0 Å². The van der Waals surface area contributed by atoms with Gasteiger partial charge in [0.25, 0.3) is 10.0 Å². The number of hydrogen-bond acceptors (Lipinski definition) is 8. The summed E-state index contributed by atoms with van der Waals surface area (Å²) in [6, 6.07) is 17.0. The van der Waals surface area contributed by atoms with Crippen molar-refractivity contribution in [2.24, 2.45) is 4.99 Å². The molecule has 2 heterocycles. The van der Waals surface area contributed by atoms with E-state index in [1.165, 1.54) is 24.8 Å². The van der Waals surface area contributed by atoms with Crippen molar-refractivity contribution in [3.8, 4) is 5.75 Å². The average Bonchev–Trinajstić information content (AvgIpc) is 3.11. The van der Waals surface area contributed by atoms with Crippen LogP contribution in [0.15, 0.2) is 59.6 Å². The van der Waals surface area contributed by atoms with Crippen molar-refractivity contribution in [2.45, 2.75) is 44.1 Å². The van der Waals surface area contributed by atoms with Crippen LogP contribution in [0.2, 0.25) is 0 Å².